The highest BCUT2D eigenvalue weighted by molar-refractivity contribution is 5.97. The van der Waals surface area contributed by atoms with E-state index >= 15 is 0 Å². The van der Waals surface area contributed by atoms with Gasteiger partial charge in [0.1, 0.15) is 11.0 Å². The molecule has 6 aromatic carbocycles. The molecule has 0 unspecified atom stereocenters. The van der Waals surface area contributed by atoms with Gasteiger partial charge in [0.25, 0.3) is 0 Å². The zero-order valence-corrected chi connectivity index (χ0v) is 29.9. The molecule has 0 N–H and O–H groups in total. The molecule has 6 heterocycles. The summed E-state index contributed by atoms with van der Waals surface area (Å²) in [5, 5.41) is 0. The van der Waals surface area contributed by atoms with E-state index in [9.17, 15) is 0 Å². The van der Waals surface area contributed by atoms with E-state index in [1.165, 1.54) is 22.3 Å². The van der Waals surface area contributed by atoms with Gasteiger partial charge in [0, 0.05) is 23.8 Å². The fourth-order valence-electron chi connectivity index (χ4n) is 8.35. The first-order chi connectivity index (χ1) is 27.8. The highest BCUT2D eigenvalue weighted by Crippen LogP contribution is 2.36. The number of pyridine rings is 2. The van der Waals surface area contributed by atoms with Crippen molar-refractivity contribution in [2.24, 2.45) is 0 Å². The van der Waals surface area contributed by atoms with Gasteiger partial charge >= 0.3 is 0 Å². The van der Waals surface area contributed by atoms with E-state index in [0.717, 1.165) is 78.2 Å². The summed E-state index contributed by atoms with van der Waals surface area (Å²) in [5.74, 6) is 1.69. The Balaban J connectivity index is 1.04. The van der Waals surface area contributed by atoms with Gasteiger partial charge < -0.3 is 0 Å². The Hall–Kier alpha value is -7.84. The summed E-state index contributed by atoms with van der Waals surface area (Å²) in [6.07, 6.45) is 7.35. The van der Waals surface area contributed by atoms with Crippen LogP contribution in [0.25, 0.3) is 100 Å². The predicted molar refractivity (Wildman–Crippen MR) is 225 cm³/mol. The molecular weight excluding hydrogens is 689 g/mol. The van der Waals surface area contributed by atoms with Gasteiger partial charge in [-0.15, -0.1) is 0 Å². The van der Waals surface area contributed by atoms with E-state index in [0.29, 0.717) is 0 Å². The van der Waals surface area contributed by atoms with E-state index in [4.69, 9.17) is 9.97 Å². The van der Waals surface area contributed by atoms with E-state index in [1.54, 1.807) is 0 Å². The smallest absolute Gasteiger partial charge is 0.220 e. The lowest BCUT2D eigenvalue weighted by atomic mass is 10.0. The lowest BCUT2D eigenvalue weighted by Crippen LogP contribution is -1.95. The maximum Gasteiger partial charge on any atom is 0.220 e. The van der Waals surface area contributed by atoms with Crippen molar-refractivity contribution >= 4 is 55.7 Å². The van der Waals surface area contributed by atoms with Crippen molar-refractivity contribution in [3.8, 4) is 44.8 Å². The maximum atomic E-state index is 5.11. The zero-order valence-electron chi connectivity index (χ0n) is 29.9. The van der Waals surface area contributed by atoms with E-state index < -0.39 is 0 Å². The molecule has 262 valence electrons. The van der Waals surface area contributed by atoms with Crippen LogP contribution in [-0.2, 0) is 0 Å². The average molecular weight is 719 g/mol. The molecule has 0 radical (unpaired) electrons. The van der Waals surface area contributed by atoms with Crippen LogP contribution in [0, 0.1) is 0 Å². The number of hydrogen-bond acceptors (Lipinski definition) is 4. The Morgan fingerprint density at radius 1 is 0.321 bits per heavy atom. The van der Waals surface area contributed by atoms with Crippen molar-refractivity contribution in [2.45, 2.75) is 0 Å². The van der Waals surface area contributed by atoms with Gasteiger partial charge in [-0.1, -0.05) is 97.1 Å². The number of benzene rings is 6. The van der Waals surface area contributed by atoms with Gasteiger partial charge in [-0.2, -0.15) is 0 Å². The highest BCUT2D eigenvalue weighted by atomic mass is 15.2. The monoisotopic (exact) mass is 718 g/mol. The summed E-state index contributed by atoms with van der Waals surface area (Å²) in [6, 6.07) is 55.9. The second-order valence-electron chi connectivity index (χ2n) is 14.1. The molecule has 0 amide bonds. The quantitative estimate of drug-likeness (QED) is 0.178. The largest absolute Gasteiger partial charge is 0.278 e. The minimum Gasteiger partial charge on any atom is -0.278 e. The highest BCUT2D eigenvalue weighted by Gasteiger charge is 2.21. The lowest BCUT2D eigenvalue weighted by molar-refractivity contribution is 1.11. The number of imidazole rings is 4. The molecule has 12 rings (SSSR count). The van der Waals surface area contributed by atoms with Crippen LogP contribution in [-0.4, -0.2) is 37.9 Å². The molecule has 0 aliphatic heterocycles. The first-order valence-corrected chi connectivity index (χ1v) is 18.6. The van der Waals surface area contributed by atoms with Crippen molar-refractivity contribution in [1.82, 2.24) is 37.9 Å². The molecule has 8 nitrogen and oxygen atoms in total. The number of aromatic nitrogens is 8. The fourth-order valence-corrected chi connectivity index (χ4v) is 8.35. The third kappa shape index (κ3) is 4.53. The first kappa shape index (κ1) is 30.6. The molecule has 0 bridgehead atoms. The van der Waals surface area contributed by atoms with Crippen LogP contribution in [0.3, 0.4) is 0 Å². The normalized spacial score (nSPS) is 11.9. The zero-order chi connectivity index (χ0) is 36.7. The van der Waals surface area contributed by atoms with Gasteiger partial charge in [-0.25, -0.2) is 9.97 Å². The second-order valence-corrected chi connectivity index (χ2v) is 14.1. The summed E-state index contributed by atoms with van der Waals surface area (Å²) >= 11 is 0. The van der Waals surface area contributed by atoms with Gasteiger partial charge in [-0.05, 0) is 94.0 Å². The minimum absolute atomic E-state index is 0.846. The summed E-state index contributed by atoms with van der Waals surface area (Å²) in [5.41, 5.74) is 17.0. The maximum absolute atomic E-state index is 5.11. The van der Waals surface area contributed by atoms with Crippen molar-refractivity contribution in [3.63, 3.8) is 0 Å². The lowest BCUT2D eigenvalue weighted by Gasteiger charge is -2.09. The van der Waals surface area contributed by atoms with Gasteiger partial charge in [0.05, 0.1) is 45.5 Å². The molecule has 0 spiro atoms. The average Bonchev–Trinajstić information content (AvgIpc) is 4.00. The van der Waals surface area contributed by atoms with Crippen molar-refractivity contribution in [2.75, 3.05) is 0 Å². The number of fused-ring (bicyclic) bond motifs is 10. The summed E-state index contributed by atoms with van der Waals surface area (Å²) in [7, 11) is 0. The molecule has 0 aliphatic carbocycles. The van der Waals surface area contributed by atoms with Crippen molar-refractivity contribution in [3.05, 3.63) is 183 Å². The molecule has 8 heteroatoms. The molecule has 0 saturated carbocycles. The van der Waals surface area contributed by atoms with Crippen molar-refractivity contribution < 1.29 is 0 Å². The van der Waals surface area contributed by atoms with Gasteiger partial charge in [-0.3, -0.25) is 27.9 Å². The Kier molecular flexibility index (Phi) is 6.47. The van der Waals surface area contributed by atoms with Crippen LogP contribution in [0.4, 0.5) is 0 Å². The van der Waals surface area contributed by atoms with Crippen LogP contribution >= 0.6 is 0 Å². The number of nitrogens with zero attached hydrogens (tertiary/aromatic N) is 8. The summed E-state index contributed by atoms with van der Waals surface area (Å²) in [6.45, 7) is 0. The minimum atomic E-state index is 0.846. The van der Waals surface area contributed by atoms with Crippen LogP contribution in [0.2, 0.25) is 0 Å². The molecule has 0 saturated heterocycles. The third-order valence-corrected chi connectivity index (χ3v) is 11.0. The summed E-state index contributed by atoms with van der Waals surface area (Å²) in [4.78, 5) is 19.0. The number of rotatable bonds is 5. The second kappa shape index (κ2) is 11.8. The van der Waals surface area contributed by atoms with Crippen LogP contribution < -0.4 is 0 Å². The Labute approximate surface area is 319 Å². The standard InChI is InChI=1S/C48H30N8/c1-3-7-31(8-4-1)33-11-17-37(18-12-33)53-43-21-15-35(27-45(43)55-41-23-25-49-29-39(41)51-47(53)55)36-16-22-44-46(28-36)56-42-24-26-50-30-40(42)52-48(56)54(44)38-19-13-34(14-20-38)32-9-5-2-6-10-32/h1-30H. The predicted octanol–water partition coefficient (Wildman–Crippen LogP) is 11.0. The Morgan fingerprint density at radius 3 is 1.14 bits per heavy atom. The third-order valence-electron chi connectivity index (χ3n) is 11.0. The Morgan fingerprint density at radius 2 is 0.714 bits per heavy atom. The molecule has 0 fully saturated rings. The molecule has 12 aromatic rings. The summed E-state index contributed by atoms with van der Waals surface area (Å²) < 4.78 is 9.00. The Bertz CT molecular complexity index is 3210. The number of hydrogen-bond donors (Lipinski definition) is 0. The van der Waals surface area contributed by atoms with Gasteiger partial charge in [0.2, 0.25) is 11.6 Å². The molecule has 56 heavy (non-hydrogen) atoms. The fraction of sp³-hybridized carbons (Fsp3) is 0. The SMILES string of the molecule is c1ccc(-c2ccc(-n3c4ccc(-c5ccc6c(c5)n5c7ccncc7nc5n6-c5ccc(-c6ccccc6)cc5)cc4n4c5ccncc5nc34)cc2)cc1. The van der Waals surface area contributed by atoms with E-state index in [2.05, 4.69) is 161 Å². The van der Waals surface area contributed by atoms with E-state index in [1.807, 2.05) is 49.1 Å². The molecule has 6 aromatic heterocycles. The van der Waals surface area contributed by atoms with E-state index in [-0.39, 0.29) is 0 Å². The van der Waals surface area contributed by atoms with Crippen LogP contribution in [0.15, 0.2) is 183 Å². The van der Waals surface area contributed by atoms with Crippen LogP contribution in [0.1, 0.15) is 0 Å². The molecule has 0 aliphatic rings. The topological polar surface area (TPSA) is 70.2 Å². The van der Waals surface area contributed by atoms with Crippen LogP contribution in [0.5, 0.6) is 0 Å². The van der Waals surface area contributed by atoms with Crippen molar-refractivity contribution in [1.29, 1.82) is 0 Å². The molecule has 0 atom stereocenters. The van der Waals surface area contributed by atoms with Gasteiger partial charge in [0.15, 0.2) is 0 Å². The first-order valence-electron chi connectivity index (χ1n) is 18.6. The molecular formula is C48H30N8.